The predicted molar refractivity (Wildman–Crippen MR) is 83.1 cm³/mol. The van der Waals surface area contributed by atoms with Crippen LogP contribution in [0.15, 0.2) is 6.07 Å². The second-order valence-electron chi connectivity index (χ2n) is 5.63. The third-order valence-corrected chi connectivity index (χ3v) is 3.81. The Morgan fingerprint density at radius 1 is 1.36 bits per heavy atom. The number of carbonyl (C=O) groups is 1. The van der Waals surface area contributed by atoms with Crippen molar-refractivity contribution >= 4 is 5.97 Å². The molecule has 0 bridgehead atoms. The van der Waals surface area contributed by atoms with Crippen molar-refractivity contribution in [3.63, 3.8) is 0 Å². The van der Waals surface area contributed by atoms with Gasteiger partial charge in [-0.3, -0.25) is 5.10 Å². The maximum atomic E-state index is 11.6. The second-order valence-corrected chi connectivity index (χ2v) is 5.63. The quantitative estimate of drug-likeness (QED) is 0.886. The van der Waals surface area contributed by atoms with Crippen molar-refractivity contribution in [2.24, 2.45) is 0 Å². The van der Waals surface area contributed by atoms with Crippen molar-refractivity contribution in [2.75, 3.05) is 7.11 Å². The number of ether oxygens (including phenoxy) is 1. The van der Waals surface area contributed by atoms with Crippen LogP contribution in [0.2, 0.25) is 0 Å². The smallest absolute Gasteiger partial charge is 0.336 e. The molecular formula is C16H21N3O3. The Hall–Kier alpha value is -2.21. The summed E-state index contributed by atoms with van der Waals surface area (Å²) in [4.78, 5) is 16.0. The monoisotopic (exact) mass is 303 g/mol. The zero-order valence-electron chi connectivity index (χ0n) is 13.5. The SMILES string of the molecule is COCc1nc(-c2cc(C(=O)O)c(C(C)C)c(C)c2C)n[nH]1. The van der Waals surface area contributed by atoms with Gasteiger partial charge in [0.25, 0.3) is 0 Å². The third kappa shape index (κ3) is 2.87. The van der Waals surface area contributed by atoms with E-state index in [0.717, 1.165) is 22.3 Å². The lowest BCUT2D eigenvalue weighted by Gasteiger charge is -2.18. The van der Waals surface area contributed by atoms with Gasteiger partial charge in [0, 0.05) is 12.7 Å². The van der Waals surface area contributed by atoms with E-state index in [0.29, 0.717) is 23.8 Å². The molecule has 0 aliphatic rings. The van der Waals surface area contributed by atoms with Crippen molar-refractivity contribution in [2.45, 2.75) is 40.2 Å². The first-order valence-corrected chi connectivity index (χ1v) is 7.14. The fraction of sp³-hybridized carbons (Fsp3) is 0.438. The minimum Gasteiger partial charge on any atom is -0.478 e. The summed E-state index contributed by atoms with van der Waals surface area (Å²) in [6.45, 7) is 8.24. The number of carboxylic acid groups (broad SMARTS) is 1. The van der Waals surface area contributed by atoms with Gasteiger partial charge in [-0.2, -0.15) is 5.10 Å². The first kappa shape index (κ1) is 16.2. The number of H-pyrrole nitrogens is 1. The Labute approximate surface area is 129 Å². The van der Waals surface area contributed by atoms with Gasteiger partial charge in [-0.25, -0.2) is 9.78 Å². The molecule has 1 aromatic heterocycles. The largest absolute Gasteiger partial charge is 0.478 e. The van der Waals surface area contributed by atoms with E-state index in [1.165, 1.54) is 0 Å². The van der Waals surface area contributed by atoms with Gasteiger partial charge >= 0.3 is 5.97 Å². The fourth-order valence-corrected chi connectivity index (χ4v) is 2.71. The molecule has 0 saturated heterocycles. The zero-order valence-corrected chi connectivity index (χ0v) is 13.5. The number of methoxy groups -OCH3 is 1. The maximum absolute atomic E-state index is 11.6. The Morgan fingerprint density at radius 2 is 2.05 bits per heavy atom. The molecule has 0 amide bonds. The summed E-state index contributed by atoms with van der Waals surface area (Å²) in [5, 5.41) is 16.5. The maximum Gasteiger partial charge on any atom is 0.336 e. The number of rotatable bonds is 5. The van der Waals surface area contributed by atoms with E-state index in [9.17, 15) is 9.90 Å². The fourth-order valence-electron chi connectivity index (χ4n) is 2.71. The summed E-state index contributed by atoms with van der Waals surface area (Å²) < 4.78 is 5.02. The number of aromatic carboxylic acids is 1. The number of aromatic amines is 1. The van der Waals surface area contributed by atoms with E-state index in [-0.39, 0.29) is 5.92 Å². The van der Waals surface area contributed by atoms with E-state index in [1.54, 1.807) is 13.2 Å². The summed E-state index contributed by atoms with van der Waals surface area (Å²) in [5.41, 5.74) is 3.88. The molecule has 0 atom stereocenters. The standard InChI is InChI=1S/C16H21N3O3/c1-8(2)14-10(4)9(3)11(6-12(14)16(20)21)15-17-13(7-22-5)18-19-15/h6,8H,7H2,1-5H3,(H,20,21)(H,17,18,19). The Kier molecular flexibility index (Phi) is 4.61. The van der Waals surface area contributed by atoms with Crippen LogP contribution >= 0.6 is 0 Å². The van der Waals surface area contributed by atoms with Gasteiger partial charge in [-0.1, -0.05) is 13.8 Å². The Bertz CT molecular complexity index is 705. The number of benzene rings is 1. The van der Waals surface area contributed by atoms with Crippen molar-refractivity contribution < 1.29 is 14.6 Å². The van der Waals surface area contributed by atoms with Crippen LogP contribution in [-0.2, 0) is 11.3 Å². The van der Waals surface area contributed by atoms with Crippen LogP contribution in [0.1, 0.15) is 52.6 Å². The number of nitrogens with zero attached hydrogens (tertiary/aromatic N) is 2. The zero-order chi connectivity index (χ0) is 16.4. The summed E-state index contributed by atoms with van der Waals surface area (Å²) in [6, 6.07) is 1.67. The topological polar surface area (TPSA) is 88.1 Å². The van der Waals surface area contributed by atoms with E-state index >= 15 is 0 Å². The Morgan fingerprint density at radius 3 is 2.59 bits per heavy atom. The van der Waals surface area contributed by atoms with Gasteiger partial charge in [0.2, 0.25) is 0 Å². The molecule has 0 unspecified atom stereocenters. The van der Waals surface area contributed by atoms with Gasteiger partial charge in [0.1, 0.15) is 6.61 Å². The first-order chi connectivity index (χ1) is 10.4. The van der Waals surface area contributed by atoms with Crippen molar-refractivity contribution in [3.8, 4) is 11.4 Å². The molecule has 0 aliphatic carbocycles. The summed E-state index contributed by atoms with van der Waals surface area (Å²) in [5.74, 6) is 0.306. The second kappa shape index (κ2) is 6.27. The van der Waals surface area contributed by atoms with E-state index in [2.05, 4.69) is 15.2 Å². The molecule has 0 saturated carbocycles. The van der Waals surface area contributed by atoms with Crippen LogP contribution < -0.4 is 0 Å². The number of hydrogen-bond donors (Lipinski definition) is 2. The van der Waals surface area contributed by atoms with E-state index in [1.807, 2.05) is 27.7 Å². The molecule has 1 aromatic carbocycles. The molecule has 0 fully saturated rings. The molecular weight excluding hydrogens is 282 g/mol. The minimum atomic E-state index is -0.930. The molecule has 1 heterocycles. The van der Waals surface area contributed by atoms with Crippen molar-refractivity contribution in [1.82, 2.24) is 15.2 Å². The van der Waals surface area contributed by atoms with Gasteiger partial charge in [0.15, 0.2) is 11.6 Å². The summed E-state index contributed by atoms with van der Waals surface area (Å²) in [6.07, 6.45) is 0. The Balaban J connectivity index is 2.63. The summed E-state index contributed by atoms with van der Waals surface area (Å²) in [7, 11) is 1.58. The van der Waals surface area contributed by atoms with Gasteiger partial charge in [-0.05, 0) is 42.5 Å². The van der Waals surface area contributed by atoms with Crippen LogP contribution in [0.5, 0.6) is 0 Å². The van der Waals surface area contributed by atoms with E-state index < -0.39 is 5.97 Å². The van der Waals surface area contributed by atoms with Crippen molar-refractivity contribution in [1.29, 1.82) is 0 Å². The molecule has 0 aliphatic heterocycles. The van der Waals surface area contributed by atoms with Gasteiger partial charge in [-0.15, -0.1) is 0 Å². The highest BCUT2D eigenvalue weighted by atomic mass is 16.5. The molecule has 6 heteroatoms. The number of hydrogen-bond acceptors (Lipinski definition) is 4. The summed E-state index contributed by atoms with van der Waals surface area (Å²) >= 11 is 0. The van der Waals surface area contributed by atoms with Gasteiger partial charge < -0.3 is 9.84 Å². The van der Waals surface area contributed by atoms with Crippen LogP contribution in [0.25, 0.3) is 11.4 Å². The molecule has 0 spiro atoms. The van der Waals surface area contributed by atoms with Gasteiger partial charge in [0.05, 0.1) is 5.56 Å². The number of nitrogens with one attached hydrogen (secondary N) is 1. The van der Waals surface area contributed by atoms with Crippen LogP contribution in [-0.4, -0.2) is 33.4 Å². The average Bonchev–Trinajstić information content (AvgIpc) is 2.89. The highest BCUT2D eigenvalue weighted by Gasteiger charge is 2.21. The number of aromatic nitrogens is 3. The number of carboxylic acids is 1. The molecule has 118 valence electrons. The normalized spacial score (nSPS) is 11.2. The molecule has 2 rings (SSSR count). The first-order valence-electron chi connectivity index (χ1n) is 7.14. The molecule has 2 N–H and O–H groups in total. The predicted octanol–water partition coefficient (Wildman–Crippen LogP) is 3.06. The minimum absolute atomic E-state index is 0.134. The third-order valence-electron chi connectivity index (χ3n) is 3.81. The van der Waals surface area contributed by atoms with Crippen LogP contribution in [0, 0.1) is 13.8 Å². The molecule has 2 aromatic rings. The molecule has 0 radical (unpaired) electrons. The lowest BCUT2D eigenvalue weighted by molar-refractivity contribution is 0.0695. The molecule has 6 nitrogen and oxygen atoms in total. The average molecular weight is 303 g/mol. The lowest BCUT2D eigenvalue weighted by atomic mass is 9.87. The molecule has 22 heavy (non-hydrogen) atoms. The van der Waals surface area contributed by atoms with Crippen LogP contribution in [0.4, 0.5) is 0 Å². The van der Waals surface area contributed by atoms with Crippen LogP contribution in [0.3, 0.4) is 0 Å². The highest BCUT2D eigenvalue weighted by Crippen LogP contribution is 2.32. The van der Waals surface area contributed by atoms with E-state index in [4.69, 9.17) is 4.74 Å². The van der Waals surface area contributed by atoms with Crippen molar-refractivity contribution in [3.05, 3.63) is 34.1 Å². The highest BCUT2D eigenvalue weighted by molar-refractivity contribution is 5.92. The lowest BCUT2D eigenvalue weighted by Crippen LogP contribution is -2.09.